The van der Waals surface area contributed by atoms with Crippen LogP contribution in [0.25, 0.3) is 0 Å². The molecule has 0 radical (unpaired) electrons. The van der Waals surface area contributed by atoms with E-state index in [1.165, 1.54) is 11.3 Å². The van der Waals surface area contributed by atoms with Crippen LogP contribution in [-0.2, 0) is 23.2 Å². The second kappa shape index (κ2) is 8.92. The molecule has 2 aromatic rings. The van der Waals surface area contributed by atoms with Crippen LogP contribution < -0.4 is 5.32 Å². The smallest absolute Gasteiger partial charge is 0.220 e. The lowest BCUT2D eigenvalue weighted by atomic mass is 9.84. The summed E-state index contributed by atoms with van der Waals surface area (Å²) in [7, 11) is 0. The second-order valence-corrected chi connectivity index (χ2v) is 8.83. The summed E-state index contributed by atoms with van der Waals surface area (Å²) in [6.45, 7) is 14.3. The molecule has 0 saturated carbocycles. The Bertz CT molecular complexity index is 776. The Morgan fingerprint density at radius 1 is 1.22 bits per heavy atom. The lowest BCUT2D eigenvalue weighted by molar-refractivity contribution is -0.121. The van der Waals surface area contributed by atoms with Crippen molar-refractivity contribution in [2.75, 3.05) is 6.54 Å². The van der Waals surface area contributed by atoms with Gasteiger partial charge in [-0.25, -0.2) is 0 Å². The van der Waals surface area contributed by atoms with Crippen LogP contribution in [0.15, 0.2) is 24.3 Å². The number of rotatable bonds is 8. The number of nitrogens with zero attached hydrogens (tertiary/aromatic N) is 2. The maximum absolute atomic E-state index is 12.4. The molecule has 1 aromatic carbocycles. The topological polar surface area (TPSA) is 46.9 Å². The van der Waals surface area contributed by atoms with Crippen LogP contribution >= 0.6 is 11.6 Å². The number of aryl methyl sites for hydroxylation is 1. The number of aromatic nitrogens is 2. The van der Waals surface area contributed by atoms with Crippen LogP contribution in [0.2, 0.25) is 5.02 Å². The first-order valence-electron chi connectivity index (χ1n) is 9.66. The molecule has 0 spiro atoms. The number of hydrogen-bond acceptors (Lipinski definition) is 2. The summed E-state index contributed by atoms with van der Waals surface area (Å²) in [5, 5.41) is 8.44. The number of hydrogen-bond donors (Lipinski definition) is 1. The van der Waals surface area contributed by atoms with E-state index in [2.05, 4.69) is 49.7 Å². The average molecular weight is 390 g/mol. The lowest BCUT2D eigenvalue weighted by Crippen LogP contribution is -2.36. The van der Waals surface area contributed by atoms with Crippen molar-refractivity contribution in [2.45, 2.75) is 66.3 Å². The van der Waals surface area contributed by atoms with Crippen molar-refractivity contribution in [2.24, 2.45) is 5.92 Å². The molecule has 4 nitrogen and oxygen atoms in total. The highest BCUT2D eigenvalue weighted by atomic mass is 35.5. The zero-order valence-corrected chi connectivity index (χ0v) is 18.2. The van der Waals surface area contributed by atoms with Crippen LogP contribution in [0.3, 0.4) is 0 Å². The van der Waals surface area contributed by atoms with Crippen LogP contribution in [0.4, 0.5) is 0 Å². The van der Waals surface area contributed by atoms with Crippen molar-refractivity contribution in [3.05, 3.63) is 51.8 Å². The van der Waals surface area contributed by atoms with Crippen molar-refractivity contribution in [1.29, 1.82) is 0 Å². The Morgan fingerprint density at radius 2 is 1.85 bits per heavy atom. The van der Waals surface area contributed by atoms with E-state index in [0.717, 1.165) is 29.2 Å². The molecule has 0 fully saturated rings. The van der Waals surface area contributed by atoms with E-state index in [0.29, 0.717) is 18.9 Å². The van der Waals surface area contributed by atoms with Crippen LogP contribution in [0.1, 0.15) is 56.6 Å². The Hall–Kier alpha value is -1.81. The minimum atomic E-state index is -0.145. The van der Waals surface area contributed by atoms with Gasteiger partial charge in [0.25, 0.3) is 0 Å². The Balaban J connectivity index is 1.91. The van der Waals surface area contributed by atoms with Crippen molar-refractivity contribution in [1.82, 2.24) is 15.1 Å². The third-order valence-corrected chi connectivity index (χ3v) is 5.28. The van der Waals surface area contributed by atoms with Gasteiger partial charge >= 0.3 is 0 Å². The number of nitrogens with one attached hydrogen (secondary N) is 1. The van der Waals surface area contributed by atoms with E-state index in [-0.39, 0.29) is 11.3 Å². The minimum Gasteiger partial charge on any atom is -0.355 e. The molecule has 1 amide bonds. The third kappa shape index (κ3) is 5.83. The van der Waals surface area contributed by atoms with Crippen LogP contribution in [-0.4, -0.2) is 22.2 Å². The molecule has 0 aliphatic carbocycles. The van der Waals surface area contributed by atoms with Gasteiger partial charge in [-0.3, -0.25) is 9.48 Å². The molecule has 1 aromatic heterocycles. The average Bonchev–Trinajstić information content (AvgIpc) is 2.84. The second-order valence-electron chi connectivity index (χ2n) is 8.39. The SMILES string of the molecule is Cc1nn(CC(C)C)c(C)c1CCC(=O)NCC(C)(C)c1ccc(Cl)cc1. The van der Waals surface area contributed by atoms with Gasteiger partial charge in [-0.2, -0.15) is 5.10 Å². The largest absolute Gasteiger partial charge is 0.355 e. The summed E-state index contributed by atoms with van der Waals surface area (Å²) >= 11 is 5.97. The first-order chi connectivity index (χ1) is 12.6. The van der Waals surface area contributed by atoms with Crippen LogP contribution in [0, 0.1) is 19.8 Å². The molecule has 0 atom stereocenters. The molecule has 148 valence electrons. The van der Waals surface area contributed by atoms with Crippen LogP contribution in [0.5, 0.6) is 0 Å². The highest BCUT2D eigenvalue weighted by molar-refractivity contribution is 6.30. The van der Waals surface area contributed by atoms with Gasteiger partial charge in [0.15, 0.2) is 0 Å². The summed E-state index contributed by atoms with van der Waals surface area (Å²) < 4.78 is 2.07. The van der Waals surface area contributed by atoms with E-state index in [4.69, 9.17) is 11.6 Å². The maximum atomic E-state index is 12.4. The lowest BCUT2D eigenvalue weighted by Gasteiger charge is -2.25. The third-order valence-electron chi connectivity index (χ3n) is 5.02. The number of benzene rings is 1. The first kappa shape index (κ1) is 21.5. The van der Waals surface area contributed by atoms with Gasteiger partial charge in [0.05, 0.1) is 5.69 Å². The quantitative estimate of drug-likeness (QED) is 0.702. The summed E-state index contributed by atoms with van der Waals surface area (Å²) in [4.78, 5) is 12.4. The first-order valence-corrected chi connectivity index (χ1v) is 10.0. The predicted octanol–water partition coefficient (Wildman–Crippen LogP) is 4.84. The molecule has 0 aliphatic rings. The van der Waals surface area contributed by atoms with Gasteiger partial charge in [-0.15, -0.1) is 0 Å². The van der Waals surface area contributed by atoms with Gasteiger partial charge in [0.1, 0.15) is 0 Å². The Morgan fingerprint density at radius 3 is 2.44 bits per heavy atom. The Kier molecular flexibility index (Phi) is 7.10. The molecule has 2 rings (SSSR count). The van der Waals surface area contributed by atoms with Crippen molar-refractivity contribution >= 4 is 17.5 Å². The monoisotopic (exact) mass is 389 g/mol. The fraction of sp³-hybridized carbons (Fsp3) is 0.545. The van der Waals surface area contributed by atoms with Crippen molar-refractivity contribution in [3.8, 4) is 0 Å². The molecule has 1 N–H and O–H groups in total. The fourth-order valence-electron chi connectivity index (χ4n) is 3.27. The zero-order chi connectivity index (χ0) is 20.2. The normalized spacial score (nSPS) is 11.9. The number of carbonyl (C=O) groups is 1. The number of amides is 1. The van der Waals surface area contributed by atoms with Gasteiger partial charge in [-0.1, -0.05) is 51.4 Å². The van der Waals surface area contributed by atoms with Crippen molar-refractivity contribution < 1.29 is 4.79 Å². The molecule has 0 aliphatic heterocycles. The Labute approximate surface area is 168 Å². The molecule has 5 heteroatoms. The number of halogens is 1. The van der Waals surface area contributed by atoms with Gasteiger partial charge in [0.2, 0.25) is 5.91 Å². The highest BCUT2D eigenvalue weighted by Crippen LogP contribution is 2.24. The zero-order valence-electron chi connectivity index (χ0n) is 17.4. The fourth-order valence-corrected chi connectivity index (χ4v) is 3.40. The van der Waals surface area contributed by atoms with E-state index in [9.17, 15) is 4.79 Å². The molecule has 0 unspecified atom stereocenters. The standard InChI is InChI=1S/C22H32ClN3O/c1-15(2)13-26-17(4)20(16(3)25-26)11-12-21(27)24-14-22(5,6)18-7-9-19(23)10-8-18/h7-10,15H,11-14H2,1-6H3,(H,24,27). The number of carbonyl (C=O) groups excluding carboxylic acids is 1. The van der Waals surface area contributed by atoms with E-state index in [1.807, 2.05) is 31.2 Å². The van der Waals surface area contributed by atoms with Crippen molar-refractivity contribution in [3.63, 3.8) is 0 Å². The summed E-state index contributed by atoms with van der Waals surface area (Å²) in [5.74, 6) is 0.627. The van der Waals surface area contributed by atoms with E-state index in [1.54, 1.807) is 0 Å². The maximum Gasteiger partial charge on any atom is 0.220 e. The molecular formula is C22H32ClN3O. The summed E-state index contributed by atoms with van der Waals surface area (Å²) in [6, 6.07) is 7.82. The predicted molar refractivity (Wildman–Crippen MR) is 112 cm³/mol. The van der Waals surface area contributed by atoms with Gasteiger partial charge in [-0.05, 0) is 49.4 Å². The summed E-state index contributed by atoms with van der Waals surface area (Å²) in [6.07, 6.45) is 1.20. The molecule has 0 bridgehead atoms. The highest BCUT2D eigenvalue weighted by Gasteiger charge is 2.21. The molecular weight excluding hydrogens is 358 g/mol. The van der Waals surface area contributed by atoms with Gasteiger partial charge < -0.3 is 5.32 Å². The van der Waals surface area contributed by atoms with E-state index >= 15 is 0 Å². The minimum absolute atomic E-state index is 0.0763. The molecule has 0 saturated heterocycles. The van der Waals surface area contributed by atoms with E-state index < -0.39 is 0 Å². The van der Waals surface area contributed by atoms with Gasteiger partial charge in [0, 0.05) is 35.6 Å². The summed E-state index contributed by atoms with van der Waals surface area (Å²) in [5.41, 5.74) is 4.42. The molecule has 27 heavy (non-hydrogen) atoms. The molecule has 1 heterocycles.